The summed E-state index contributed by atoms with van der Waals surface area (Å²) < 4.78 is 9.34. The zero-order valence-electron chi connectivity index (χ0n) is 18.8. The Balaban J connectivity index is 1.36. The lowest BCUT2D eigenvalue weighted by Gasteiger charge is -2.14. The monoisotopic (exact) mass is 428 g/mol. The number of aromatic nitrogens is 3. The second-order valence-corrected chi connectivity index (χ2v) is 7.85. The fourth-order valence-electron chi connectivity index (χ4n) is 3.71. The molecule has 8 heteroatoms. The summed E-state index contributed by atoms with van der Waals surface area (Å²) in [4.78, 5) is 17.0. The number of aryl methyl sites for hydroxylation is 2. The molecule has 0 aliphatic carbocycles. The number of fused-ring (bicyclic) bond motifs is 1. The Morgan fingerprint density at radius 3 is 2.84 bits per heavy atom. The van der Waals surface area contributed by atoms with Gasteiger partial charge in [0.2, 0.25) is 0 Å². The Hall–Kier alpha value is -2.61. The van der Waals surface area contributed by atoms with Gasteiger partial charge in [0, 0.05) is 45.8 Å². The molecule has 2 aromatic rings. The van der Waals surface area contributed by atoms with Crippen LogP contribution in [0.1, 0.15) is 57.0 Å². The average molecular weight is 429 g/mol. The van der Waals surface area contributed by atoms with Gasteiger partial charge in [-0.2, -0.15) is 5.10 Å². The lowest BCUT2D eigenvalue weighted by atomic mass is 10.1. The van der Waals surface area contributed by atoms with Crippen LogP contribution in [0.4, 0.5) is 0 Å². The maximum absolute atomic E-state index is 12.4. The van der Waals surface area contributed by atoms with E-state index in [4.69, 9.17) is 4.74 Å². The second kappa shape index (κ2) is 12.3. The maximum Gasteiger partial charge on any atom is 0.345 e. The molecule has 0 radical (unpaired) electrons. The van der Waals surface area contributed by atoms with E-state index in [0.29, 0.717) is 19.7 Å². The number of guanidine groups is 1. The van der Waals surface area contributed by atoms with E-state index >= 15 is 0 Å². The van der Waals surface area contributed by atoms with Crippen LogP contribution in [0.5, 0.6) is 0 Å². The van der Waals surface area contributed by atoms with Gasteiger partial charge in [0.1, 0.15) is 5.82 Å². The zero-order valence-corrected chi connectivity index (χ0v) is 18.8. The first-order valence-corrected chi connectivity index (χ1v) is 11.5. The van der Waals surface area contributed by atoms with Gasteiger partial charge in [0.15, 0.2) is 5.96 Å². The van der Waals surface area contributed by atoms with Crippen molar-refractivity contribution in [2.75, 3.05) is 26.2 Å². The number of aliphatic imine (C=N–C) groups is 1. The standard InChI is InChI=1S/C23H36N6O2/c1-3-24-22(26-15-10-18-31-19(2)20-11-5-4-6-12-20)25-14-9-17-29-23(30)28-16-8-7-13-21(28)27-29/h4-6,11-12,19H,3,7-10,13-18H2,1-2H3,(H2,24,25,26). The van der Waals surface area contributed by atoms with Gasteiger partial charge in [-0.25, -0.2) is 9.48 Å². The number of rotatable bonds is 11. The fraction of sp³-hybridized carbons (Fsp3) is 0.609. The summed E-state index contributed by atoms with van der Waals surface area (Å²) >= 11 is 0. The van der Waals surface area contributed by atoms with Crippen LogP contribution in [-0.4, -0.2) is 46.5 Å². The number of benzene rings is 1. The van der Waals surface area contributed by atoms with Crippen LogP contribution >= 0.6 is 0 Å². The molecule has 1 aliphatic rings. The van der Waals surface area contributed by atoms with Gasteiger partial charge in [-0.05, 0) is 45.1 Å². The van der Waals surface area contributed by atoms with E-state index in [-0.39, 0.29) is 11.8 Å². The van der Waals surface area contributed by atoms with Gasteiger partial charge in [0.25, 0.3) is 0 Å². The van der Waals surface area contributed by atoms with Crippen LogP contribution in [0, 0.1) is 0 Å². The molecule has 0 bridgehead atoms. The normalized spacial score (nSPS) is 14.8. The highest BCUT2D eigenvalue weighted by Crippen LogP contribution is 2.15. The molecule has 2 N–H and O–H groups in total. The molecule has 0 spiro atoms. The van der Waals surface area contributed by atoms with Crippen molar-refractivity contribution in [3.63, 3.8) is 0 Å². The quantitative estimate of drug-likeness (QED) is 0.326. The molecule has 0 amide bonds. The van der Waals surface area contributed by atoms with Gasteiger partial charge in [-0.3, -0.25) is 9.56 Å². The first-order chi connectivity index (χ1) is 15.2. The summed E-state index contributed by atoms with van der Waals surface area (Å²) in [6.45, 7) is 8.47. The predicted molar refractivity (Wildman–Crippen MR) is 123 cm³/mol. The Morgan fingerprint density at radius 1 is 1.23 bits per heavy atom. The van der Waals surface area contributed by atoms with E-state index in [2.05, 4.69) is 46.7 Å². The minimum Gasteiger partial charge on any atom is -0.374 e. The largest absolute Gasteiger partial charge is 0.374 e. The summed E-state index contributed by atoms with van der Waals surface area (Å²) in [6, 6.07) is 10.3. The van der Waals surface area contributed by atoms with Gasteiger partial charge >= 0.3 is 5.69 Å². The molecular weight excluding hydrogens is 392 g/mol. The highest BCUT2D eigenvalue weighted by molar-refractivity contribution is 5.79. The number of hydrogen-bond acceptors (Lipinski definition) is 4. The Labute approximate surface area is 184 Å². The van der Waals surface area contributed by atoms with Crippen LogP contribution in [0.2, 0.25) is 0 Å². The maximum atomic E-state index is 12.4. The Bertz CT molecular complexity index is 874. The summed E-state index contributed by atoms with van der Waals surface area (Å²) in [5.41, 5.74) is 1.22. The molecule has 2 heterocycles. The Morgan fingerprint density at radius 2 is 2.06 bits per heavy atom. The van der Waals surface area contributed by atoms with Gasteiger partial charge < -0.3 is 15.4 Å². The predicted octanol–water partition coefficient (Wildman–Crippen LogP) is 2.49. The van der Waals surface area contributed by atoms with Crippen molar-refractivity contribution < 1.29 is 4.74 Å². The molecular formula is C23H36N6O2. The van der Waals surface area contributed by atoms with Crippen molar-refractivity contribution in [1.82, 2.24) is 25.0 Å². The molecule has 1 aliphatic heterocycles. The van der Waals surface area contributed by atoms with E-state index in [1.54, 1.807) is 4.68 Å². The molecule has 0 fully saturated rings. The van der Waals surface area contributed by atoms with Crippen molar-refractivity contribution in [2.24, 2.45) is 4.99 Å². The summed E-state index contributed by atoms with van der Waals surface area (Å²) in [5, 5.41) is 11.1. The smallest absolute Gasteiger partial charge is 0.345 e. The van der Waals surface area contributed by atoms with Crippen molar-refractivity contribution in [3.05, 3.63) is 52.2 Å². The number of nitrogens with zero attached hydrogens (tertiary/aromatic N) is 4. The van der Waals surface area contributed by atoms with Crippen LogP contribution in [-0.2, 0) is 24.2 Å². The molecule has 0 saturated carbocycles. The van der Waals surface area contributed by atoms with Crippen molar-refractivity contribution in [2.45, 2.75) is 65.1 Å². The molecule has 1 aromatic heterocycles. The van der Waals surface area contributed by atoms with E-state index < -0.39 is 0 Å². The van der Waals surface area contributed by atoms with E-state index in [1.165, 1.54) is 5.56 Å². The number of nitrogens with one attached hydrogen (secondary N) is 2. The highest BCUT2D eigenvalue weighted by atomic mass is 16.5. The van der Waals surface area contributed by atoms with Crippen LogP contribution in [0.25, 0.3) is 0 Å². The van der Waals surface area contributed by atoms with E-state index in [0.717, 1.165) is 63.5 Å². The van der Waals surface area contributed by atoms with Gasteiger partial charge in [0.05, 0.1) is 6.10 Å². The van der Waals surface area contributed by atoms with Crippen LogP contribution in [0.3, 0.4) is 0 Å². The highest BCUT2D eigenvalue weighted by Gasteiger charge is 2.16. The first kappa shape index (κ1) is 23.1. The lowest BCUT2D eigenvalue weighted by Crippen LogP contribution is -2.38. The van der Waals surface area contributed by atoms with Gasteiger partial charge in [-0.1, -0.05) is 30.3 Å². The second-order valence-electron chi connectivity index (χ2n) is 7.85. The molecule has 8 nitrogen and oxygen atoms in total. The summed E-state index contributed by atoms with van der Waals surface area (Å²) in [6.07, 6.45) is 4.87. The number of hydrogen-bond donors (Lipinski definition) is 2. The van der Waals surface area contributed by atoms with Crippen LogP contribution < -0.4 is 16.3 Å². The summed E-state index contributed by atoms with van der Waals surface area (Å²) in [7, 11) is 0. The molecule has 0 saturated heterocycles. The zero-order chi connectivity index (χ0) is 21.9. The molecule has 170 valence electrons. The molecule has 3 rings (SSSR count). The minimum absolute atomic E-state index is 0.0217. The fourth-order valence-corrected chi connectivity index (χ4v) is 3.71. The third-order valence-electron chi connectivity index (χ3n) is 5.42. The van der Waals surface area contributed by atoms with Gasteiger partial charge in [-0.15, -0.1) is 0 Å². The first-order valence-electron chi connectivity index (χ1n) is 11.5. The molecule has 1 unspecified atom stereocenters. The van der Waals surface area contributed by atoms with Crippen LogP contribution in [0.15, 0.2) is 40.1 Å². The average Bonchev–Trinajstić information content (AvgIpc) is 3.12. The third-order valence-corrected chi connectivity index (χ3v) is 5.42. The van der Waals surface area contributed by atoms with Crippen molar-refractivity contribution in [1.29, 1.82) is 0 Å². The topological polar surface area (TPSA) is 85.5 Å². The number of ether oxygens (including phenoxy) is 1. The summed E-state index contributed by atoms with van der Waals surface area (Å²) in [5.74, 6) is 1.73. The van der Waals surface area contributed by atoms with E-state index in [1.807, 2.05) is 22.8 Å². The molecule has 1 atom stereocenters. The third kappa shape index (κ3) is 6.95. The van der Waals surface area contributed by atoms with Crippen molar-refractivity contribution >= 4 is 5.96 Å². The molecule has 31 heavy (non-hydrogen) atoms. The minimum atomic E-state index is 0.0217. The van der Waals surface area contributed by atoms with Crippen molar-refractivity contribution in [3.8, 4) is 0 Å². The lowest BCUT2D eigenvalue weighted by molar-refractivity contribution is 0.0646. The molecule has 1 aromatic carbocycles. The Kier molecular flexibility index (Phi) is 9.15. The SMILES string of the molecule is CCNC(=NCCCn1nc2n(c1=O)CCCC2)NCCCOC(C)c1ccccc1. The van der Waals surface area contributed by atoms with E-state index in [9.17, 15) is 4.79 Å².